The van der Waals surface area contributed by atoms with Gasteiger partial charge in [0.25, 0.3) is 0 Å². The standard InChI is InChI=1S/C10H13NO3S/c1-6-8(10(12)13-2)11-9(15-6)7-3-4-14-5-7/h7H,3-5H2,1-2H3. The highest BCUT2D eigenvalue weighted by Gasteiger charge is 2.24. The minimum Gasteiger partial charge on any atom is -0.464 e. The molecule has 1 aromatic heterocycles. The van der Waals surface area contributed by atoms with Crippen LogP contribution in [0.15, 0.2) is 0 Å². The molecule has 1 saturated heterocycles. The van der Waals surface area contributed by atoms with Crippen molar-refractivity contribution in [1.29, 1.82) is 0 Å². The van der Waals surface area contributed by atoms with Gasteiger partial charge in [-0.3, -0.25) is 0 Å². The fraction of sp³-hybridized carbons (Fsp3) is 0.600. The maximum atomic E-state index is 11.4. The summed E-state index contributed by atoms with van der Waals surface area (Å²) in [7, 11) is 1.37. The molecule has 0 saturated carbocycles. The van der Waals surface area contributed by atoms with Crippen LogP contribution in [0.5, 0.6) is 0 Å². The third-order valence-corrected chi connectivity index (χ3v) is 3.60. The van der Waals surface area contributed by atoms with Crippen molar-refractivity contribution in [1.82, 2.24) is 4.98 Å². The van der Waals surface area contributed by atoms with Crippen molar-refractivity contribution in [3.8, 4) is 0 Å². The van der Waals surface area contributed by atoms with Gasteiger partial charge in [-0.1, -0.05) is 0 Å². The largest absolute Gasteiger partial charge is 0.464 e. The van der Waals surface area contributed by atoms with Gasteiger partial charge in [0, 0.05) is 17.4 Å². The van der Waals surface area contributed by atoms with Gasteiger partial charge in [0.1, 0.15) is 0 Å². The zero-order valence-electron chi connectivity index (χ0n) is 8.78. The van der Waals surface area contributed by atoms with Gasteiger partial charge in [-0.05, 0) is 13.3 Å². The summed E-state index contributed by atoms with van der Waals surface area (Å²) in [6, 6.07) is 0. The monoisotopic (exact) mass is 227 g/mol. The van der Waals surface area contributed by atoms with Crippen LogP contribution in [-0.2, 0) is 9.47 Å². The summed E-state index contributed by atoms with van der Waals surface area (Å²) < 4.78 is 9.96. The lowest BCUT2D eigenvalue weighted by atomic mass is 10.1. The van der Waals surface area contributed by atoms with Crippen LogP contribution >= 0.6 is 11.3 Å². The van der Waals surface area contributed by atoms with Crippen LogP contribution in [0.2, 0.25) is 0 Å². The second-order valence-corrected chi connectivity index (χ2v) is 4.74. The smallest absolute Gasteiger partial charge is 0.357 e. The second-order valence-electron chi connectivity index (χ2n) is 3.51. The molecule has 0 radical (unpaired) electrons. The molecule has 15 heavy (non-hydrogen) atoms. The highest BCUT2D eigenvalue weighted by molar-refractivity contribution is 7.12. The van der Waals surface area contributed by atoms with Crippen molar-refractivity contribution in [2.24, 2.45) is 0 Å². The van der Waals surface area contributed by atoms with Crippen molar-refractivity contribution in [3.63, 3.8) is 0 Å². The number of hydrogen-bond acceptors (Lipinski definition) is 5. The van der Waals surface area contributed by atoms with Gasteiger partial charge >= 0.3 is 5.97 Å². The van der Waals surface area contributed by atoms with E-state index in [0.717, 1.165) is 22.9 Å². The van der Waals surface area contributed by atoms with Crippen LogP contribution < -0.4 is 0 Å². The second kappa shape index (κ2) is 4.28. The number of hydrogen-bond donors (Lipinski definition) is 0. The molecule has 0 spiro atoms. The van der Waals surface area contributed by atoms with Crippen molar-refractivity contribution >= 4 is 17.3 Å². The zero-order chi connectivity index (χ0) is 10.8. The van der Waals surface area contributed by atoms with Gasteiger partial charge in [0.2, 0.25) is 0 Å². The van der Waals surface area contributed by atoms with E-state index in [1.165, 1.54) is 7.11 Å². The SMILES string of the molecule is COC(=O)c1nc(C2CCOC2)sc1C. The third kappa shape index (κ3) is 2.03. The maximum absolute atomic E-state index is 11.4. The van der Waals surface area contributed by atoms with Crippen molar-refractivity contribution < 1.29 is 14.3 Å². The normalized spacial score (nSPS) is 20.5. The number of carbonyl (C=O) groups excluding carboxylic acids is 1. The van der Waals surface area contributed by atoms with Gasteiger partial charge < -0.3 is 9.47 Å². The van der Waals surface area contributed by atoms with Crippen LogP contribution in [0.1, 0.15) is 32.7 Å². The predicted octanol–water partition coefficient (Wildman–Crippen LogP) is 1.74. The molecular formula is C10H13NO3S. The zero-order valence-corrected chi connectivity index (χ0v) is 9.60. The Morgan fingerprint density at radius 2 is 2.47 bits per heavy atom. The lowest BCUT2D eigenvalue weighted by Crippen LogP contribution is -2.04. The van der Waals surface area contributed by atoms with E-state index in [2.05, 4.69) is 9.72 Å². The molecule has 1 aromatic rings. The Balaban J connectivity index is 2.23. The number of rotatable bonds is 2. The summed E-state index contributed by atoms with van der Waals surface area (Å²) in [5.41, 5.74) is 0.449. The molecule has 2 heterocycles. The highest BCUT2D eigenvalue weighted by Crippen LogP contribution is 2.30. The molecule has 4 nitrogen and oxygen atoms in total. The summed E-state index contributed by atoms with van der Waals surface area (Å²) in [6.07, 6.45) is 0.994. The molecular weight excluding hydrogens is 214 g/mol. The Hall–Kier alpha value is -0.940. The molecule has 1 atom stereocenters. The van der Waals surface area contributed by atoms with E-state index in [1.807, 2.05) is 6.92 Å². The van der Waals surface area contributed by atoms with E-state index in [0.29, 0.717) is 18.2 Å². The van der Waals surface area contributed by atoms with Crippen LogP contribution in [0.3, 0.4) is 0 Å². The van der Waals surface area contributed by atoms with Gasteiger partial charge in [-0.2, -0.15) is 0 Å². The first-order valence-corrected chi connectivity index (χ1v) is 5.67. The lowest BCUT2D eigenvalue weighted by Gasteiger charge is -2.00. The number of esters is 1. The van der Waals surface area contributed by atoms with E-state index < -0.39 is 0 Å². The molecule has 0 aliphatic carbocycles. The minimum atomic E-state index is -0.353. The Kier molecular flexibility index (Phi) is 3.02. The number of thiazole rings is 1. The summed E-state index contributed by atoms with van der Waals surface area (Å²) in [5, 5.41) is 0.991. The van der Waals surface area contributed by atoms with E-state index in [4.69, 9.17) is 4.74 Å². The van der Waals surface area contributed by atoms with Crippen LogP contribution in [0.25, 0.3) is 0 Å². The Morgan fingerprint density at radius 3 is 3.07 bits per heavy atom. The maximum Gasteiger partial charge on any atom is 0.357 e. The molecule has 0 bridgehead atoms. The molecule has 1 fully saturated rings. The number of methoxy groups -OCH3 is 1. The molecule has 1 unspecified atom stereocenters. The molecule has 0 amide bonds. The number of ether oxygens (including phenoxy) is 2. The van der Waals surface area contributed by atoms with Crippen LogP contribution in [0.4, 0.5) is 0 Å². The first kappa shape index (κ1) is 10.6. The summed E-state index contributed by atoms with van der Waals surface area (Å²) in [4.78, 5) is 16.6. The molecule has 0 N–H and O–H groups in total. The predicted molar refractivity (Wildman–Crippen MR) is 56.4 cm³/mol. The minimum absolute atomic E-state index is 0.353. The topological polar surface area (TPSA) is 48.4 Å². The number of aromatic nitrogens is 1. The first-order chi connectivity index (χ1) is 7.22. The average molecular weight is 227 g/mol. The fourth-order valence-electron chi connectivity index (χ4n) is 1.61. The van der Waals surface area contributed by atoms with Gasteiger partial charge in [-0.25, -0.2) is 9.78 Å². The molecule has 0 aromatic carbocycles. The lowest BCUT2D eigenvalue weighted by molar-refractivity contribution is 0.0594. The summed E-state index contributed by atoms with van der Waals surface area (Å²) in [6.45, 7) is 3.40. The summed E-state index contributed by atoms with van der Waals surface area (Å²) in [5.74, 6) is 0.000946. The first-order valence-electron chi connectivity index (χ1n) is 4.85. The van der Waals surface area contributed by atoms with Crippen LogP contribution in [-0.4, -0.2) is 31.3 Å². The Labute approximate surface area is 92.2 Å². The number of carbonyl (C=O) groups is 1. The number of aryl methyl sites for hydroxylation is 1. The Morgan fingerprint density at radius 1 is 1.67 bits per heavy atom. The third-order valence-electron chi connectivity index (χ3n) is 2.47. The van der Waals surface area contributed by atoms with Gasteiger partial charge in [-0.15, -0.1) is 11.3 Å². The van der Waals surface area contributed by atoms with Crippen molar-refractivity contribution in [2.45, 2.75) is 19.3 Å². The van der Waals surface area contributed by atoms with E-state index in [1.54, 1.807) is 11.3 Å². The average Bonchev–Trinajstić information content (AvgIpc) is 2.84. The van der Waals surface area contributed by atoms with Gasteiger partial charge in [0.15, 0.2) is 5.69 Å². The Bertz CT molecular complexity index is 369. The molecule has 82 valence electrons. The van der Waals surface area contributed by atoms with Crippen molar-refractivity contribution in [2.75, 3.05) is 20.3 Å². The number of nitrogens with zero attached hydrogens (tertiary/aromatic N) is 1. The highest BCUT2D eigenvalue weighted by atomic mass is 32.1. The van der Waals surface area contributed by atoms with E-state index >= 15 is 0 Å². The molecule has 5 heteroatoms. The molecule has 1 aliphatic heterocycles. The van der Waals surface area contributed by atoms with E-state index in [9.17, 15) is 4.79 Å². The van der Waals surface area contributed by atoms with Crippen molar-refractivity contribution in [3.05, 3.63) is 15.6 Å². The van der Waals surface area contributed by atoms with E-state index in [-0.39, 0.29) is 5.97 Å². The van der Waals surface area contributed by atoms with Crippen LogP contribution in [0, 0.1) is 6.92 Å². The summed E-state index contributed by atoms with van der Waals surface area (Å²) >= 11 is 1.56. The molecule has 2 rings (SSSR count). The molecule has 1 aliphatic rings. The quantitative estimate of drug-likeness (QED) is 0.722. The fourth-order valence-corrected chi connectivity index (χ4v) is 2.64. The van der Waals surface area contributed by atoms with Gasteiger partial charge in [0.05, 0.1) is 18.7 Å².